The molecule has 0 aliphatic carbocycles. The summed E-state index contributed by atoms with van der Waals surface area (Å²) in [4.78, 5) is 37.4. The molecular weight excluding hydrogens is 513 g/mol. The summed E-state index contributed by atoms with van der Waals surface area (Å²) < 4.78 is 1.19. The highest BCUT2D eigenvalue weighted by molar-refractivity contribution is 6.37. The third-order valence-corrected chi connectivity index (χ3v) is 7.11. The number of amides is 1. The number of carbonyl (C=O) groups excluding carboxylic acids is 1. The summed E-state index contributed by atoms with van der Waals surface area (Å²) in [6, 6.07) is 12.7. The van der Waals surface area contributed by atoms with E-state index in [9.17, 15) is 9.59 Å². The Morgan fingerprint density at radius 1 is 1.05 bits per heavy atom. The largest absolute Gasteiger partial charge is 0.384 e. The van der Waals surface area contributed by atoms with E-state index >= 15 is 0 Å². The lowest BCUT2D eigenvalue weighted by molar-refractivity contribution is -0.129. The second-order valence-corrected chi connectivity index (χ2v) is 9.71. The van der Waals surface area contributed by atoms with Crippen LogP contribution >= 0.6 is 23.2 Å². The molecule has 1 aliphatic rings. The van der Waals surface area contributed by atoms with E-state index in [-0.39, 0.29) is 27.5 Å². The quantitative estimate of drug-likeness (QED) is 0.397. The Morgan fingerprint density at radius 2 is 1.76 bits per heavy atom. The first-order valence-corrected chi connectivity index (χ1v) is 12.5. The number of nitrogens with one attached hydrogen (secondary N) is 1. The van der Waals surface area contributed by atoms with Crippen LogP contribution in [0, 0.1) is 6.92 Å². The van der Waals surface area contributed by atoms with Gasteiger partial charge in [-0.3, -0.25) is 4.79 Å². The maximum Gasteiger partial charge on any atom is 0.354 e. The maximum absolute atomic E-state index is 12.9. The summed E-state index contributed by atoms with van der Waals surface area (Å²) in [5.41, 5.74) is 9.51. The molecule has 3 heterocycles. The third-order valence-electron chi connectivity index (χ3n) is 6.50. The minimum atomic E-state index is -0.595. The second-order valence-electron chi connectivity index (χ2n) is 8.89. The van der Waals surface area contributed by atoms with Crippen LogP contribution in [0.3, 0.4) is 0 Å². The Bertz CT molecular complexity index is 1560. The number of anilines is 4. The van der Waals surface area contributed by atoms with Crippen molar-refractivity contribution in [3.8, 4) is 5.69 Å². The number of hydrogen-bond donors (Lipinski definition) is 2. The average molecular weight is 538 g/mol. The van der Waals surface area contributed by atoms with Crippen LogP contribution in [0.15, 0.2) is 53.5 Å². The van der Waals surface area contributed by atoms with Crippen LogP contribution in [0.25, 0.3) is 16.6 Å². The van der Waals surface area contributed by atoms with E-state index < -0.39 is 5.69 Å². The smallest absolute Gasteiger partial charge is 0.354 e. The Balaban J connectivity index is 1.40. The maximum atomic E-state index is 12.9. The van der Waals surface area contributed by atoms with Gasteiger partial charge < -0.3 is 20.9 Å². The first kappa shape index (κ1) is 24.9. The number of nitrogen functional groups attached to an aromatic ring is 1. The van der Waals surface area contributed by atoms with Gasteiger partial charge in [0.1, 0.15) is 11.6 Å². The number of benzene rings is 2. The highest BCUT2D eigenvalue weighted by Gasteiger charge is 2.20. The van der Waals surface area contributed by atoms with Crippen molar-refractivity contribution >= 4 is 63.0 Å². The predicted molar refractivity (Wildman–Crippen MR) is 148 cm³/mol. The van der Waals surface area contributed by atoms with Gasteiger partial charge in [0.2, 0.25) is 5.91 Å². The van der Waals surface area contributed by atoms with Gasteiger partial charge in [-0.25, -0.2) is 14.3 Å². The molecule has 11 heteroatoms. The molecule has 0 unspecified atom stereocenters. The van der Waals surface area contributed by atoms with Crippen molar-refractivity contribution in [2.45, 2.75) is 13.8 Å². The van der Waals surface area contributed by atoms with Crippen LogP contribution in [0.1, 0.15) is 12.5 Å². The minimum Gasteiger partial charge on any atom is -0.384 e. The molecule has 1 amide bonds. The van der Waals surface area contributed by atoms with E-state index in [1.54, 1.807) is 37.4 Å². The summed E-state index contributed by atoms with van der Waals surface area (Å²) in [6.45, 7) is 6.69. The Kier molecular flexibility index (Phi) is 6.66. The summed E-state index contributed by atoms with van der Waals surface area (Å²) in [6.07, 6.45) is 1.57. The monoisotopic (exact) mass is 537 g/mol. The number of carbonyl (C=O) groups is 1. The number of fused-ring (bicyclic) bond motifs is 1. The molecule has 5 rings (SSSR count). The van der Waals surface area contributed by atoms with Gasteiger partial charge in [-0.1, -0.05) is 29.3 Å². The van der Waals surface area contributed by atoms with E-state index in [0.29, 0.717) is 16.7 Å². The van der Waals surface area contributed by atoms with Crippen molar-refractivity contribution in [1.29, 1.82) is 0 Å². The predicted octanol–water partition coefficient (Wildman–Crippen LogP) is 4.39. The summed E-state index contributed by atoms with van der Waals surface area (Å²) in [7, 11) is 0. The summed E-state index contributed by atoms with van der Waals surface area (Å²) >= 11 is 12.6. The zero-order valence-corrected chi connectivity index (χ0v) is 21.8. The number of piperazine rings is 1. The van der Waals surface area contributed by atoms with Crippen molar-refractivity contribution in [3.63, 3.8) is 0 Å². The van der Waals surface area contributed by atoms with Gasteiger partial charge in [-0.2, -0.15) is 4.98 Å². The molecule has 1 saturated heterocycles. The van der Waals surface area contributed by atoms with Crippen LogP contribution in [0.4, 0.5) is 23.0 Å². The number of pyridine rings is 1. The molecule has 0 atom stereocenters. The highest BCUT2D eigenvalue weighted by atomic mass is 35.5. The lowest BCUT2D eigenvalue weighted by Gasteiger charge is -2.36. The molecule has 190 valence electrons. The zero-order valence-electron chi connectivity index (χ0n) is 20.3. The number of aromatic nitrogens is 3. The van der Waals surface area contributed by atoms with Gasteiger partial charge in [-0.15, -0.1) is 0 Å². The van der Waals surface area contributed by atoms with Gasteiger partial charge in [0, 0.05) is 56.7 Å². The van der Waals surface area contributed by atoms with Crippen molar-refractivity contribution in [1.82, 2.24) is 19.4 Å². The van der Waals surface area contributed by atoms with Crippen molar-refractivity contribution in [2.75, 3.05) is 42.1 Å². The topological polar surface area (TPSA) is 109 Å². The number of rotatable bonds is 4. The van der Waals surface area contributed by atoms with E-state index in [2.05, 4.69) is 33.2 Å². The molecule has 2 aromatic heterocycles. The molecule has 37 heavy (non-hydrogen) atoms. The number of halogens is 2. The highest BCUT2D eigenvalue weighted by Crippen LogP contribution is 2.31. The van der Waals surface area contributed by atoms with Gasteiger partial charge >= 0.3 is 5.69 Å². The molecule has 4 aromatic rings. The fourth-order valence-electron chi connectivity index (χ4n) is 4.60. The molecule has 1 aliphatic heterocycles. The molecular formula is C26H25Cl2N7O2. The first-order valence-electron chi connectivity index (χ1n) is 11.7. The number of nitrogens with two attached hydrogens (primary N) is 1. The van der Waals surface area contributed by atoms with Crippen LogP contribution in [-0.4, -0.2) is 51.5 Å². The molecule has 0 bridgehead atoms. The van der Waals surface area contributed by atoms with E-state index in [1.807, 2.05) is 17.0 Å². The van der Waals surface area contributed by atoms with Crippen LogP contribution < -0.4 is 21.6 Å². The number of hydrogen-bond acceptors (Lipinski definition) is 7. The Labute approximate surface area is 223 Å². The number of para-hydroxylation sites is 1. The standard InChI is InChI=1S/C26H25Cl2N7O2/c1-15-12-17(6-7-22(15)34-10-8-33(9-11-34)16(2)36)31-23-13-21-18(14-30-23)25(29)35(26(37)32-21)24-19(27)4-3-5-20(24)28/h3-7,12-14,31H,8-11,29H2,1-2H3. The third kappa shape index (κ3) is 4.80. The number of aryl methyl sites for hydroxylation is 1. The zero-order chi connectivity index (χ0) is 26.3. The lowest BCUT2D eigenvalue weighted by Crippen LogP contribution is -2.48. The van der Waals surface area contributed by atoms with Crippen molar-refractivity contribution in [2.24, 2.45) is 0 Å². The second kappa shape index (κ2) is 9.91. The van der Waals surface area contributed by atoms with E-state index in [0.717, 1.165) is 43.1 Å². The lowest BCUT2D eigenvalue weighted by atomic mass is 10.1. The molecule has 3 N–H and O–H groups in total. The Morgan fingerprint density at radius 3 is 2.41 bits per heavy atom. The Hall–Kier alpha value is -3.82. The van der Waals surface area contributed by atoms with E-state index in [1.165, 1.54) is 4.57 Å². The van der Waals surface area contributed by atoms with Gasteiger partial charge in [-0.05, 0) is 42.8 Å². The van der Waals surface area contributed by atoms with E-state index in [4.69, 9.17) is 28.9 Å². The summed E-state index contributed by atoms with van der Waals surface area (Å²) in [5, 5.41) is 4.35. The average Bonchev–Trinajstić information content (AvgIpc) is 2.86. The minimum absolute atomic E-state index is 0.113. The normalized spacial score (nSPS) is 13.7. The SMILES string of the molecule is CC(=O)N1CCN(c2ccc(Nc3cc4nc(=O)n(-c5c(Cl)cccc5Cl)c(N)c4cn3)cc2C)CC1. The fourth-order valence-corrected chi connectivity index (χ4v) is 5.16. The van der Waals surface area contributed by atoms with Crippen molar-refractivity contribution < 1.29 is 4.79 Å². The summed E-state index contributed by atoms with van der Waals surface area (Å²) in [5.74, 6) is 0.783. The van der Waals surface area contributed by atoms with Crippen molar-refractivity contribution in [3.05, 3.63) is 74.8 Å². The molecule has 2 aromatic carbocycles. The molecule has 9 nitrogen and oxygen atoms in total. The van der Waals surface area contributed by atoms with Crippen LogP contribution in [0.5, 0.6) is 0 Å². The molecule has 0 spiro atoms. The molecule has 1 fully saturated rings. The first-order chi connectivity index (χ1) is 17.7. The van der Waals surface area contributed by atoms with Gasteiger partial charge in [0.05, 0.1) is 26.6 Å². The van der Waals surface area contributed by atoms with Crippen LogP contribution in [0.2, 0.25) is 10.0 Å². The van der Waals surface area contributed by atoms with Crippen LogP contribution in [-0.2, 0) is 4.79 Å². The van der Waals surface area contributed by atoms with Gasteiger partial charge in [0.15, 0.2) is 0 Å². The van der Waals surface area contributed by atoms with Gasteiger partial charge in [0.25, 0.3) is 0 Å². The number of nitrogens with zero attached hydrogens (tertiary/aromatic N) is 5. The fraction of sp³-hybridized carbons (Fsp3) is 0.231. The molecule has 0 saturated carbocycles. The molecule has 0 radical (unpaired) electrons.